The fourth-order valence-corrected chi connectivity index (χ4v) is 2.52. The van der Waals surface area contributed by atoms with Crippen LogP contribution in [0.3, 0.4) is 0 Å². The van der Waals surface area contributed by atoms with Crippen LogP contribution in [0.5, 0.6) is 0 Å². The van der Waals surface area contributed by atoms with Crippen LogP contribution in [0.4, 0.5) is 19.0 Å². The quantitative estimate of drug-likeness (QED) is 0.847. The molecular weight excluding hydrogens is 321 g/mol. The van der Waals surface area contributed by atoms with Crippen molar-refractivity contribution in [1.82, 2.24) is 15.0 Å². The van der Waals surface area contributed by atoms with Crippen molar-refractivity contribution in [3.63, 3.8) is 0 Å². The van der Waals surface area contributed by atoms with Crippen LogP contribution < -0.4 is 5.32 Å². The molecule has 0 aliphatic heterocycles. The van der Waals surface area contributed by atoms with E-state index in [0.29, 0.717) is 18.5 Å². The van der Waals surface area contributed by atoms with Gasteiger partial charge in [0.05, 0.1) is 0 Å². The SMILES string of the molecule is OCCC1(CNc2cc(C(F)(F)F)nc(-c3ccncc3)n2)CC1. The molecule has 1 saturated carbocycles. The number of nitrogens with one attached hydrogen (secondary N) is 1. The Morgan fingerprint density at radius 2 is 1.88 bits per heavy atom. The van der Waals surface area contributed by atoms with Crippen molar-refractivity contribution in [3.05, 3.63) is 36.3 Å². The number of alkyl halides is 3. The van der Waals surface area contributed by atoms with Crippen LogP contribution in [-0.2, 0) is 6.18 Å². The van der Waals surface area contributed by atoms with Gasteiger partial charge in [-0.3, -0.25) is 4.98 Å². The summed E-state index contributed by atoms with van der Waals surface area (Å²) in [5.74, 6) is 0.134. The summed E-state index contributed by atoms with van der Waals surface area (Å²) in [5.41, 5.74) is -0.552. The monoisotopic (exact) mass is 338 g/mol. The van der Waals surface area contributed by atoms with Crippen LogP contribution in [0, 0.1) is 5.41 Å². The molecule has 128 valence electrons. The van der Waals surface area contributed by atoms with Crippen molar-refractivity contribution in [2.45, 2.75) is 25.4 Å². The Balaban J connectivity index is 1.88. The zero-order chi connectivity index (χ0) is 17.2. The minimum absolute atomic E-state index is 0.00160. The predicted octanol–water partition coefficient (Wildman–Crippen LogP) is 3.13. The van der Waals surface area contributed by atoms with E-state index in [-0.39, 0.29) is 23.7 Å². The summed E-state index contributed by atoms with van der Waals surface area (Å²) in [6.45, 7) is 0.555. The molecule has 2 heterocycles. The highest BCUT2D eigenvalue weighted by molar-refractivity contribution is 5.57. The summed E-state index contributed by atoms with van der Waals surface area (Å²) in [6, 6.07) is 4.04. The van der Waals surface area contributed by atoms with Crippen LogP contribution in [0.25, 0.3) is 11.4 Å². The molecule has 24 heavy (non-hydrogen) atoms. The van der Waals surface area contributed by atoms with Crippen LogP contribution in [0.2, 0.25) is 0 Å². The lowest BCUT2D eigenvalue weighted by Crippen LogP contribution is -2.19. The maximum absolute atomic E-state index is 13.1. The van der Waals surface area contributed by atoms with Gasteiger partial charge in [-0.1, -0.05) is 0 Å². The molecule has 0 spiro atoms. The van der Waals surface area contributed by atoms with E-state index >= 15 is 0 Å². The smallest absolute Gasteiger partial charge is 0.396 e. The predicted molar refractivity (Wildman–Crippen MR) is 82.1 cm³/mol. The summed E-state index contributed by atoms with van der Waals surface area (Å²) in [6.07, 6.45) is 0.945. The summed E-state index contributed by atoms with van der Waals surface area (Å²) in [5, 5.41) is 12.1. The number of pyridine rings is 1. The Morgan fingerprint density at radius 3 is 2.46 bits per heavy atom. The molecule has 1 aliphatic rings. The van der Waals surface area contributed by atoms with Gasteiger partial charge in [0.25, 0.3) is 0 Å². The van der Waals surface area contributed by atoms with Gasteiger partial charge in [0.2, 0.25) is 0 Å². The largest absolute Gasteiger partial charge is 0.433 e. The maximum atomic E-state index is 13.1. The van der Waals surface area contributed by atoms with Crippen molar-refractivity contribution in [2.75, 3.05) is 18.5 Å². The number of aliphatic hydroxyl groups excluding tert-OH is 1. The fraction of sp³-hybridized carbons (Fsp3) is 0.438. The lowest BCUT2D eigenvalue weighted by atomic mass is 10.0. The van der Waals surface area contributed by atoms with Crippen LogP contribution in [-0.4, -0.2) is 33.2 Å². The highest BCUT2D eigenvalue weighted by Gasteiger charge is 2.41. The first-order chi connectivity index (χ1) is 11.4. The van der Waals surface area contributed by atoms with Gasteiger partial charge in [0.1, 0.15) is 5.82 Å². The van der Waals surface area contributed by atoms with E-state index < -0.39 is 11.9 Å². The third kappa shape index (κ3) is 3.81. The highest BCUT2D eigenvalue weighted by atomic mass is 19.4. The number of hydrogen-bond donors (Lipinski definition) is 2. The van der Waals surface area contributed by atoms with Gasteiger partial charge >= 0.3 is 6.18 Å². The Morgan fingerprint density at radius 1 is 1.17 bits per heavy atom. The minimum Gasteiger partial charge on any atom is -0.396 e. The standard InChI is InChI=1S/C16H17F3N4O/c17-16(18,19)12-9-13(21-10-15(3-4-15)5-8-24)23-14(22-12)11-1-6-20-7-2-11/h1-2,6-7,9,24H,3-5,8,10H2,(H,21,22,23). The molecule has 0 saturated heterocycles. The first kappa shape index (κ1) is 16.6. The molecule has 0 aromatic carbocycles. The van der Waals surface area contributed by atoms with E-state index in [1.807, 2.05) is 0 Å². The number of halogens is 3. The number of rotatable bonds is 6. The number of aliphatic hydroxyl groups is 1. The fourth-order valence-electron chi connectivity index (χ4n) is 2.52. The Kier molecular flexibility index (Phi) is 4.40. The zero-order valence-corrected chi connectivity index (χ0v) is 12.8. The van der Waals surface area contributed by atoms with Crippen molar-refractivity contribution < 1.29 is 18.3 Å². The normalized spacial score (nSPS) is 16.0. The van der Waals surface area contributed by atoms with Gasteiger partial charge in [-0.05, 0) is 36.8 Å². The molecule has 0 unspecified atom stereocenters. The Labute approximate surface area is 137 Å². The molecule has 3 rings (SSSR count). The van der Waals surface area contributed by atoms with E-state index in [1.54, 1.807) is 12.1 Å². The van der Waals surface area contributed by atoms with Gasteiger partial charge in [-0.25, -0.2) is 9.97 Å². The number of aromatic nitrogens is 3. The molecule has 2 N–H and O–H groups in total. The average molecular weight is 338 g/mol. The number of nitrogens with zero attached hydrogens (tertiary/aromatic N) is 3. The molecule has 2 aromatic heterocycles. The molecule has 1 aliphatic carbocycles. The van der Waals surface area contributed by atoms with Gasteiger partial charge in [-0.15, -0.1) is 0 Å². The van der Waals surface area contributed by atoms with Crippen molar-refractivity contribution >= 4 is 5.82 Å². The lowest BCUT2D eigenvalue weighted by molar-refractivity contribution is -0.141. The molecule has 0 atom stereocenters. The molecule has 2 aromatic rings. The first-order valence-corrected chi connectivity index (χ1v) is 7.63. The van der Waals surface area contributed by atoms with Gasteiger partial charge in [-0.2, -0.15) is 13.2 Å². The summed E-state index contributed by atoms with van der Waals surface area (Å²) in [7, 11) is 0. The Hall–Kier alpha value is -2.22. The topological polar surface area (TPSA) is 70.9 Å². The van der Waals surface area contributed by atoms with E-state index in [1.165, 1.54) is 12.4 Å². The van der Waals surface area contributed by atoms with Crippen LogP contribution in [0.15, 0.2) is 30.6 Å². The second-order valence-electron chi connectivity index (χ2n) is 6.02. The number of hydrogen-bond acceptors (Lipinski definition) is 5. The second kappa shape index (κ2) is 6.35. The maximum Gasteiger partial charge on any atom is 0.433 e. The molecule has 5 nitrogen and oxygen atoms in total. The summed E-state index contributed by atoms with van der Waals surface area (Å²) in [4.78, 5) is 11.7. The van der Waals surface area contributed by atoms with E-state index in [9.17, 15) is 13.2 Å². The highest BCUT2D eigenvalue weighted by Crippen LogP contribution is 2.48. The second-order valence-corrected chi connectivity index (χ2v) is 6.02. The van der Waals surface area contributed by atoms with Gasteiger partial charge < -0.3 is 10.4 Å². The Bertz CT molecular complexity index is 702. The van der Waals surface area contributed by atoms with E-state index in [2.05, 4.69) is 20.3 Å². The first-order valence-electron chi connectivity index (χ1n) is 7.63. The zero-order valence-electron chi connectivity index (χ0n) is 12.8. The molecule has 0 amide bonds. The van der Waals surface area contributed by atoms with Crippen LogP contribution in [0.1, 0.15) is 25.0 Å². The summed E-state index contributed by atoms with van der Waals surface area (Å²) >= 11 is 0. The molecule has 1 fully saturated rings. The van der Waals surface area contributed by atoms with Crippen molar-refractivity contribution in [3.8, 4) is 11.4 Å². The molecular formula is C16H17F3N4O. The van der Waals surface area contributed by atoms with Crippen LogP contribution >= 0.6 is 0 Å². The average Bonchev–Trinajstić information content (AvgIpc) is 3.33. The van der Waals surface area contributed by atoms with E-state index in [4.69, 9.17) is 5.11 Å². The third-order valence-corrected chi connectivity index (χ3v) is 4.20. The van der Waals surface area contributed by atoms with E-state index in [0.717, 1.165) is 18.9 Å². The third-order valence-electron chi connectivity index (χ3n) is 4.20. The van der Waals surface area contributed by atoms with Gasteiger partial charge in [0, 0.05) is 37.2 Å². The van der Waals surface area contributed by atoms with Gasteiger partial charge in [0.15, 0.2) is 11.5 Å². The molecule has 8 heteroatoms. The molecule has 0 bridgehead atoms. The minimum atomic E-state index is -4.55. The molecule has 0 radical (unpaired) electrons. The summed E-state index contributed by atoms with van der Waals surface area (Å²) < 4.78 is 39.3. The number of anilines is 1. The van der Waals surface area contributed by atoms with Crippen molar-refractivity contribution in [2.24, 2.45) is 5.41 Å². The lowest BCUT2D eigenvalue weighted by Gasteiger charge is -2.16. The van der Waals surface area contributed by atoms with Crippen molar-refractivity contribution in [1.29, 1.82) is 0 Å².